The van der Waals surface area contributed by atoms with Crippen LogP contribution in [0.15, 0.2) is 60.7 Å². The van der Waals surface area contributed by atoms with Crippen molar-refractivity contribution in [3.63, 3.8) is 0 Å². The van der Waals surface area contributed by atoms with Crippen molar-refractivity contribution in [2.45, 2.75) is 18.8 Å². The van der Waals surface area contributed by atoms with Crippen LogP contribution in [0.2, 0.25) is 0 Å². The van der Waals surface area contributed by atoms with E-state index < -0.39 is 0 Å². The minimum Gasteiger partial charge on any atom is -0.378 e. The highest BCUT2D eigenvalue weighted by Crippen LogP contribution is 2.29. The van der Waals surface area contributed by atoms with Gasteiger partial charge in [-0.15, -0.1) is 0 Å². The van der Waals surface area contributed by atoms with Crippen LogP contribution < -0.4 is 10.2 Å². The number of benzene rings is 2. The molecule has 1 aliphatic rings. The first kappa shape index (κ1) is 21.1. The van der Waals surface area contributed by atoms with Gasteiger partial charge in [-0.2, -0.15) is 0 Å². The standard InChI is InChI=1S/C24H27BN5O/c1-29(2)21-12-10-20(11-13-21)26-23-15-22(18-7-4-3-5-8-18)27-24(28-23)19-9-6-14-30(16-19)25-17-31/h3-5,7-8,10-13,15,17,19H,6,9,14,16H2,1-2H3,(H,26,27,28). The molecule has 6 nitrogen and oxygen atoms in total. The molecule has 1 N–H and O–H groups in total. The lowest BCUT2D eigenvalue weighted by molar-refractivity contribution is 0.320. The predicted molar refractivity (Wildman–Crippen MR) is 128 cm³/mol. The Morgan fingerprint density at radius 2 is 1.87 bits per heavy atom. The summed E-state index contributed by atoms with van der Waals surface area (Å²) in [6.07, 6.45) is 2.88. The van der Waals surface area contributed by atoms with E-state index in [0.717, 1.165) is 66.4 Å². The van der Waals surface area contributed by atoms with Gasteiger partial charge >= 0.3 is 0 Å². The summed E-state index contributed by atoms with van der Waals surface area (Å²) in [4.78, 5) is 24.9. The highest BCUT2D eigenvalue weighted by Gasteiger charge is 2.24. The van der Waals surface area contributed by atoms with Crippen LogP contribution in [-0.2, 0) is 4.79 Å². The van der Waals surface area contributed by atoms with Crippen LogP contribution in [-0.4, -0.2) is 55.6 Å². The molecule has 1 radical (unpaired) electrons. The van der Waals surface area contributed by atoms with E-state index in [1.807, 2.05) is 38.4 Å². The zero-order valence-corrected chi connectivity index (χ0v) is 18.0. The molecule has 0 amide bonds. The van der Waals surface area contributed by atoms with E-state index in [4.69, 9.17) is 9.97 Å². The number of carbonyl (C=O) groups excluding carboxylic acids is 1. The summed E-state index contributed by atoms with van der Waals surface area (Å²) in [7, 11) is 5.68. The van der Waals surface area contributed by atoms with Crippen molar-refractivity contribution in [3.05, 3.63) is 66.5 Å². The molecule has 0 bridgehead atoms. The number of aromatic nitrogens is 2. The van der Waals surface area contributed by atoms with Gasteiger partial charge in [-0.05, 0) is 50.2 Å². The lowest BCUT2D eigenvalue weighted by Crippen LogP contribution is -2.38. The summed E-state index contributed by atoms with van der Waals surface area (Å²) >= 11 is 0. The fourth-order valence-electron chi connectivity index (χ4n) is 3.90. The quantitative estimate of drug-likeness (QED) is 0.469. The topological polar surface area (TPSA) is 61.4 Å². The largest absolute Gasteiger partial charge is 0.378 e. The molecule has 1 fully saturated rings. The van der Waals surface area contributed by atoms with Crippen LogP contribution in [0, 0.1) is 0 Å². The first-order valence-electron chi connectivity index (χ1n) is 10.6. The van der Waals surface area contributed by atoms with Gasteiger partial charge in [0.05, 0.1) is 11.9 Å². The summed E-state index contributed by atoms with van der Waals surface area (Å²) in [5.74, 6) is 1.78. The monoisotopic (exact) mass is 412 g/mol. The number of anilines is 3. The van der Waals surface area contributed by atoms with E-state index in [9.17, 15) is 4.79 Å². The fraction of sp³-hybridized carbons (Fsp3) is 0.292. The third-order valence-electron chi connectivity index (χ3n) is 5.56. The average Bonchev–Trinajstić information content (AvgIpc) is 2.80. The van der Waals surface area contributed by atoms with E-state index in [-0.39, 0.29) is 5.92 Å². The molecule has 7 heteroatoms. The molecule has 0 saturated carbocycles. The maximum atomic E-state index is 10.9. The fourth-order valence-corrected chi connectivity index (χ4v) is 3.90. The smallest absolute Gasteiger partial charge is 0.293 e. The van der Waals surface area contributed by atoms with E-state index in [1.54, 1.807) is 7.41 Å². The van der Waals surface area contributed by atoms with Crippen molar-refractivity contribution in [2.75, 3.05) is 37.4 Å². The minimum absolute atomic E-state index is 0.185. The van der Waals surface area contributed by atoms with Crippen molar-refractivity contribution >= 4 is 30.8 Å². The lowest BCUT2D eigenvalue weighted by atomic mass is 9.86. The number of piperidine rings is 1. The van der Waals surface area contributed by atoms with Gasteiger partial charge in [0.25, 0.3) is 7.41 Å². The lowest BCUT2D eigenvalue weighted by Gasteiger charge is -2.30. The second kappa shape index (κ2) is 9.75. The number of rotatable bonds is 7. The maximum Gasteiger partial charge on any atom is 0.293 e. The van der Waals surface area contributed by atoms with Crippen LogP contribution in [0.3, 0.4) is 0 Å². The summed E-state index contributed by atoms with van der Waals surface area (Å²) in [6.45, 7) is 1.66. The molecule has 0 spiro atoms. The van der Waals surface area contributed by atoms with Gasteiger partial charge in [0.1, 0.15) is 11.6 Å². The first-order chi connectivity index (χ1) is 15.1. The highest BCUT2D eigenvalue weighted by molar-refractivity contribution is 6.64. The average molecular weight is 412 g/mol. The molecule has 0 aliphatic carbocycles. The van der Waals surface area contributed by atoms with Crippen LogP contribution in [0.1, 0.15) is 24.6 Å². The number of hydrogen-bond acceptors (Lipinski definition) is 6. The number of nitrogens with zero attached hydrogens (tertiary/aromatic N) is 4. The summed E-state index contributed by atoms with van der Waals surface area (Å²) in [5.41, 5.74) is 4.08. The van der Waals surface area contributed by atoms with Gasteiger partial charge in [-0.3, -0.25) is 0 Å². The van der Waals surface area contributed by atoms with Crippen molar-refractivity contribution < 1.29 is 4.79 Å². The Labute approximate surface area is 184 Å². The van der Waals surface area contributed by atoms with Crippen molar-refractivity contribution in [2.24, 2.45) is 0 Å². The van der Waals surface area contributed by atoms with Crippen LogP contribution in [0.5, 0.6) is 0 Å². The zero-order chi connectivity index (χ0) is 21.6. The van der Waals surface area contributed by atoms with Crippen LogP contribution in [0.4, 0.5) is 17.2 Å². The van der Waals surface area contributed by atoms with Gasteiger partial charge in [0.15, 0.2) is 0 Å². The zero-order valence-electron chi connectivity index (χ0n) is 18.0. The first-order valence-corrected chi connectivity index (χ1v) is 10.6. The third kappa shape index (κ3) is 5.30. The molecule has 4 rings (SSSR count). The molecule has 1 saturated heterocycles. The number of nitrogens with one attached hydrogen (secondary N) is 1. The molecule has 3 aromatic rings. The molecule has 1 aromatic heterocycles. The molecule has 31 heavy (non-hydrogen) atoms. The molecule has 2 aromatic carbocycles. The Balaban J connectivity index is 1.65. The second-order valence-electron chi connectivity index (χ2n) is 8.05. The SMILES string of the molecule is CN(C)c1ccc(Nc2cc(-c3ccccc3)nc(C3CCCN([B]C=O)C3)n2)cc1. The van der Waals surface area contributed by atoms with Crippen molar-refractivity contribution in [3.8, 4) is 11.3 Å². The Hall–Kier alpha value is -3.19. The molecular weight excluding hydrogens is 385 g/mol. The van der Waals surface area contributed by atoms with E-state index in [2.05, 4.69) is 51.4 Å². The molecule has 2 heterocycles. The second-order valence-corrected chi connectivity index (χ2v) is 8.05. The number of hydrogen-bond donors (Lipinski definition) is 1. The van der Waals surface area contributed by atoms with E-state index in [0.29, 0.717) is 0 Å². The van der Waals surface area contributed by atoms with Crippen molar-refractivity contribution in [1.82, 2.24) is 14.8 Å². The Bertz CT molecular complexity index is 1010. The van der Waals surface area contributed by atoms with E-state index in [1.165, 1.54) is 0 Å². The van der Waals surface area contributed by atoms with Gasteiger partial charge in [-0.25, -0.2) is 9.97 Å². The van der Waals surface area contributed by atoms with Gasteiger partial charge in [0, 0.05) is 43.0 Å². The molecular formula is C24H27BN5O. The molecule has 1 aliphatic heterocycles. The minimum atomic E-state index is 0.185. The predicted octanol–water partition coefficient (Wildman–Crippen LogP) is 3.94. The maximum absolute atomic E-state index is 10.9. The summed E-state index contributed by atoms with van der Waals surface area (Å²) < 4.78 is 0. The Kier molecular flexibility index (Phi) is 6.62. The third-order valence-corrected chi connectivity index (χ3v) is 5.56. The van der Waals surface area contributed by atoms with Crippen LogP contribution >= 0.6 is 0 Å². The molecule has 1 atom stereocenters. The van der Waals surface area contributed by atoms with Gasteiger partial charge in [-0.1, -0.05) is 30.3 Å². The highest BCUT2D eigenvalue weighted by atomic mass is 16.1. The Morgan fingerprint density at radius 1 is 1.10 bits per heavy atom. The Morgan fingerprint density at radius 3 is 2.58 bits per heavy atom. The van der Waals surface area contributed by atoms with Crippen LogP contribution in [0.25, 0.3) is 11.3 Å². The normalized spacial score (nSPS) is 16.5. The molecule has 1 unspecified atom stereocenters. The van der Waals surface area contributed by atoms with E-state index >= 15 is 0 Å². The van der Waals surface area contributed by atoms with Gasteiger partial charge in [0.2, 0.25) is 0 Å². The summed E-state index contributed by atoms with van der Waals surface area (Å²) in [5, 5.41) is 3.45. The molecule has 157 valence electrons. The van der Waals surface area contributed by atoms with Gasteiger partial charge < -0.3 is 19.8 Å². The number of carbonyl (C=O) groups is 1. The summed E-state index contributed by atoms with van der Waals surface area (Å²) in [6, 6.07) is 20.4. The van der Waals surface area contributed by atoms with Crippen molar-refractivity contribution in [1.29, 1.82) is 0 Å².